The minimum atomic E-state index is -0.568. The van der Waals surface area contributed by atoms with Crippen LogP contribution in [-0.4, -0.2) is 5.78 Å². The monoisotopic (exact) mass is 278 g/mol. The predicted octanol–water partition coefficient (Wildman–Crippen LogP) is 4.78. The van der Waals surface area contributed by atoms with Gasteiger partial charge in [0.05, 0.1) is 0 Å². The summed E-state index contributed by atoms with van der Waals surface area (Å²) in [6.45, 7) is 3.21. The number of hydrogen-bond acceptors (Lipinski definition) is 2. The molecule has 0 unspecified atom stereocenters. The molecule has 98 valence electrons. The SMILES string of the molecule is CC(=O)c1ccc(Oc2ccc(Cl)cc2C)c(F)c1. The molecule has 0 radical (unpaired) electrons. The van der Waals surface area contributed by atoms with Crippen molar-refractivity contribution < 1.29 is 13.9 Å². The van der Waals surface area contributed by atoms with Crippen molar-refractivity contribution in [2.45, 2.75) is 13.8 Å². The van der Waals surface area contributed by atoms with Gasteiger partial charge in [0.1, 0.15) is 5.75 Å². The summed E-state index contributed by atoms with van der Waals surface area (Å²) in [6.07, 6.45) is 0. The molecule has 2 nitrogen and oxygen atoms in total. The molecule has 0 atom stereocenters. The van der Waals surface area contributed by atoms with Crippen LogP contribution in [0.2, 0.25) is 5.02 Å². The number of carbonyl (C=O) groups is 1. The van der Waals surface area contributed by atoms with Gasteiger partial charge in [0.2, 0.25) is 0 Å². The van der Waals surface area contributed by atoms with Crippen LogP contribution in [0.25, 0.3) is 0 Å². The third-order valence-corrected chi connectivity index (χ3v) is 2.93. The van der Waals surface area contributed by atoms with Crippen LogP contribution in [0, 0.1) is 12.7 Å². The van der Waals surface area contributed by atoms with Gasteiger partial charge in [-0.25, -0.2) is 4.39 Å². The van der Waals surface area contributed by atoms with E-state index in [1.54, 1.807) is 18.2 Å². The molecule has 0 aliphatic carbocycles. The predicted molar refractivity (Wildman–Crippen MR) is 72.7 cm³/mol. The summed E-state index contributed by atoms with van der Waals surface area (Å²) in [6, 6.07) is 9.23. The molecule has 0 bridgehead atoms. The summed E-state index contributed by atoms with van der Waals surface area (Å²) in [5.41, 5.74) is 1.13. The first-order valence-electron chi connectivity index (χ1n) is 5.72. The number of carbonyl (C=O) groups excluding carboxylic acids is 1. The van der Waals surface area contributed by atoms with Gasteiger partial charge in [-0.05, 0) is 55.8 Å². The van der Waals surface area contributed by atoms with Crippen LogP contribution < -0.4 is 4.74 Å². The normalized spacial score (nSPS) is 10.3. The van der Waals surface area contributed by atoms with E-state index in [1.807, 2.05) is 6.92 Å². The van der Waals surface area contributed by atoms with Crippen LogP contribution in [0.3, 0.4) is 0 Å². The second kappa shape index (κ2) is 5.41. The molecule has 0 spiro atoms. The average Bonchev–Trinajstić information content (AvgIpc) is 2.34. The van der Waals surface area contributed by atoms with Crippen LogP contribution in [0.1, 0.15) is 22.8 Å². The van der Waals surface area contributed by atoms with E-state index in [2.05, 4.69) is 0 Å². The maximum absolute atomic E-state index is 13.8. The number of benzene rings is 2. The molecule has 2 rings (SSSR count). The Bertz CT molecular complexity index is 638. The fourth-order valence-corrected chi connectivity index (χ4v) is 1.88. The van der Waals surface area contributed by atoms with E-state index in [0.717, 1.165) is 5.56 Å². The van der Waals surface area contributed by atoms with Gasteiger partial charge in [-0.3, -0.25) is 4.79 Å². The lowest BCUT2D eigenvalue weighted by molar-refractivity contribution is 0.101. The fraction of sp³-hybridized carbons (Fsp3) is 0.133. The molecule has 0 amide bonds. The Hall–Kier alpha value is -1.87. The molecule has 0 heterocycles. The number of Topliss-reactive ketones (excluding diaryl/α,β-unsaturated/α-hetero) is 1. The third-order valence-electron chi connectivity index (χ3n) is 2.70. The van der Waals surface area contributed by atoms with E-state index in [1.165, 1.54) is 25.1 Å². The molecule has 0 N–H and O–H groups in total. The summed E-state index contributed by atoms with van der Waals surface area (Å²) in [5, 5.41) is 0.595. The van der Waals surface area contributed by atoms with Gasteiger partial charge in [0, 0.05) is 10.6 Å². The molecular weight excluding hydrogens is 267 g/mol. The number of ether oxygens (including phenoxy) is 1. The zero-order valence-corrected chi connectivity index (χ0v) is 11.3. The smallest absolute Gasteiger partial charge is 0.166 e. The highest BCUT2D eigenvalue weighted by molar-refractivity contribution is 6.30. The molecule has 4 heteroatoms. The number of ketones is 1. The summed E-state index contributed by atoms with van der Waals surface area (Å²) in [5.74, 6) is -0.149. The molecule has 2 aromatic rings. The molecule has 0 aliphatic rings. The van der Waals surface area contributed by atoms with Crippen molar-refractivity contribution in [3.05, 3.63) is 58.4 Å². The van der Waals surface area contributed by atoms with Crippen molar-refractivity contribution in [1.82, 2.24) is 0 Å². The van der Waals surface area contributed by atoms with E-state index in [0.29, 0.717) is 16.3 Å². The number of aryl methyl sites for hydroxylation is 1. The van der Waals surface area contributed by atoms with Gasteiger partial charge in [0.15, 0.2) is 17.3 Å². The van der Waals surface area contributed by atoms with E-state index in [-0.39, 0.29) is 11.5 Å². The summed E-state index contributed by atoms with van der Waals surface area (Å²) >= 11 is 5.84. The number of hydrogen-bond donors (Lipinski definition) is 0. The van der Waals surface area contributed by atoms with Crippen LogP contribution in [0.4, 0.5) is 4.39 Å². The van der Waals surface area contributed by atoms with Gasteiger partial charge >= 0.3 is 0 Å². The van der Waals surface area contributed by atoms with Crippen LogP contribution in [0.15, 0.2) is 36.4 Å². The lowest BCUT2D eigenvalue weighted by Crippen LogP contribution is -1.96. The molecule has 2 aromatic carbocycles. The first-order valence-corrected chi connectivity index (χ1v) is 6.09. The lowest BCUT2D eigenvalue weighted by atomic mass is 10.1. The van der Waals surface area contributed by atoms with Crippen LogP contribution in [-0.2, 0) is 0 Å². The average molecular weight is 279 g/mol. The lowest BCUT2D eigenvalue weighted by Gasteiger charge is -2.10. The van der Waals surface area contributed by atoms with Crippen molar-refractivity contribution in [3.8, 4) is 11.5 Å². The van der Waals surface area contributed by atoms with Crippen LogP contribution in [0.5, 0.6) is 11.5 Å². The van der Waals surface area contributed by atoms with Crippen molar-refractivity contribution in [2.24, 2.45) is 0 Å². The van der Waals surface area contributed by atoms with E-state index < -0.39 is 5.82 Å². The Morgan fingerprint density at radius 2 is 1.84 bits per heavy atom. The summed E-state index contributed by atoms with van der Waals surface area (Å²) < 4.78 is 19.3. The number of halogens is 2. The van der Waals surface area contributed by atoms with Gasteiger partial charge in [-0.1, -0.05) is 11.6 Å². The summed E-state index contributed by atoms with van der Waals surface area (Å²) in [7, 11) is 0. The molecular formula is C15H12ClFO2. The second-order valence-corrected chi connectivity index (χ2v) is 4.65. The molecule has 19 heavy (non-hydrogen) atoms. The highest BCUT2D eigenvalue weighted by Gasteiger charge is 2.09. The Kier molecular flexibility index (Phi) is 3.86. The molecule has 0 fully saturated rings. The van der Waals surface area contributed by atoms with Crippen molar-refractivity contribution in [2.75, 3.05) is 0 Å². The zero-order valence-electron chi connectivity index (χ0n) is 10.5. The van der Waals surface area contributed by atoms with Gasteiger partial charge in [0.25, 0.3) is 0 Å². The van der Waals surface area contributed by atoms with E-state index in [9.17, 15) is 9.18 Å². The zero-order chi connectivity index (χ0) is 14.0. The Morgan fingerprint density at radius 3 is 2.42 bits per heavy atom. The topological polar surface area (TPSA) is 26.3 Å². The minimum Gasteiger partial charge on any atom is -0.454 e. The largest absolute Gasteiger partial charge is 0.454 e. The van der Waals surface area contributed by atoms with Gasteiger partial charge in [-0.2, -0.15) is 0 Å². The maximum atomic E-state index is 13.8. The van der Waals surface area contributed by atoms with E-state index in [4.69, 9.17) is 16.3 Å². The first-order chi connectivity index (χ1) is 8.97. The van der Waals surface area contributed by atoms with Crippen molar-refractivity contribution in [3.63, 3.8) is 0 Å². The summed E-state index contributed by atoms with van der Waals surface area (Å²) in [4.78, 5) is 11.1. The highest BCUT2D eigenvalue weighted by atomic mass is 35.5. The van der Waals surface area contributed by atoms with Crippen LogP contribution >= 0.6 is 11.6 Å². The molecule has 0 saturated heterocycles. The number of rotatable bonds is 3. The van der Waals surface area contributed by atoms with E-state index >= 15 is 0 Å². The first kappa shape index (κ1) is 13.6. The second-order valence-electron chi connectivity index (χ2n) is 4.21. The Labute approximate surface area is 115 Å². The maximum Gasteiger partial charge on any atom is 0.166 e. The minimum absolute atomic E-state index is 0.0791. The standard InChI is InChI=1S/C15H12ClFO2/c1-9-7-12(16)4-6-14(9)19-15-5-3-11(10(2)18)8-13(15)17/h3-8H,1-2H3. The highest BCUT2D eigenvalue weighted by Crippen LogP contribution is 2.29. The molecule has 0 aliphatic heterocycles. The Morgan fingerprint density at radius 1 is 1.16 bits per heavy atom. The van der Waals surface area contributed by atoms with Crippen molar-refractivity contribution >= 4 is 17.4 Å². The fourth-order valence-electron chi connectivity index (χ4n) is 1.65. The quantitative estimate of drug-likeness (QED) is 0.755. The third kappa shape index (κ3) is 3.12. The van der Waals surface area contributed by atoms with Crippen molar-refractivity contribution in [1.29, 1.82) is 0 Å². The Balaban J connectivity index is 2.31. The molecule has 0 saturated carbocycles. The van der Waals surface area contributed by atoms with Gasteiger partial charge in [-0.15, -0.1) is 0 Å². The van der Waals surface area contributed by atoms with Gasteiger partial charge < -0.3 is 4.74 Å². The molecule has 0 aromatic heterocycles.